The van der Waals surface area contributed by atoms with Crippen molar-refractivity contribution in [2.45, 2.75) is 32.8 Å². The molecule has 0 aromatic heterocycles. The maximum absolute atomic E-state index is 11.6. The molecule has 0 atom stereocenters. The monoisotopic (exact) mass is 234 g/mol. The van der Waals surface area contributed by atoms with Crippen LogP contribution in [-0.2, 0) is 11.2 Å². The van der Waals surface area contributed by atoms with Crippen LogP contribution in [0.2, 0.25) is 0 Å². The summed E-state index contributed by atoms with van der Waals surface area (Å²) in [5.41, 5.74) is 3.12. The minimum Gasteiger partial charge on any atom is -0.447 e. The van der Waals surface area contributed by atoms with Crippen LogP contribution in [0.3, 0.4) is 0 Å². The molecule has 1 amide bonds. The lowest BCUT2D eigenvalue weighted by molar-refractivity contribution is 0.130. The summed E-state index contributed by atoms with van der Waals surface area (Å²) in [6, 6.07) is 5.88. The van der Waals surface area contributed by atoms with Gasteiger partial charge in [0.25, 0.3) is 0 Å². The molecule has 1 aromatic rings. The van der Waals surface area contributed by atoms with E-state index < -0.39 is 0 Å². The molecule has 0 bridgehead atoms. The molecule has 17 heavy (non-hydrogen) atoms. The number of carbonyl (C=O) groups is 1. The lowest BCUT2D eigenvalue weighted by atomic mass is 10.0. The standard InChI is InChI=1S/C13H18N2O2/c1-9(2)17-13(16)15-12-7-3-6-11-10(12)5-4-8-14-11/h3,6-7,9,14H,4-5,8H2,1-2H3,(H,15,16). The van der Waals surface area contributed by atoms with Crippen molar-refractivity contribution in [2.75, 3.05) is 17.2 Å². The fraction of sp³-hybridized carbons (Fsp3) is 0.462. The van der Waals surface area contributed by atoms with Crippen molar-refractivity contribution in [2.24, 2.45) is 0 Å². The third-order valence-electron chi connectivity index (χ3n) is 2.67. The molecule has 1 heterocycles. The molecule has 0 fully saturated rings. The molecule has 1 aliphatic rings. The van der Waals surface area contributed by atoms with E-state index in [0.717, 1.165) is 30.8 Å². The second-order valence-electron chi connectivity index (χ2n) is 4.44. The molecule has 0 radical (unpaired) electrons. The Hall–Kier alpha value is -1.71. The van der Waals surface area contributed by atoms with Crippen molar-refractivity contribution in [3.63, 3.8) is 0 Å². The topological polar surface area (TPSA) is 50.4 Å². The van der Waals surface area contributed by atoms with Crippen molar-refractivity contribution in [1.29, 1.82) is 0 Å². The fourth-order valence-electron chi connectivity index (χ4n) is 1.98. The number of fused-ring (bicyclic) bond motifs is 1. The summed E-state index contributed by atoms with van der Waals surface area (Å²) in [5.74, 6) is 0. The van der Waals surface area contributed by atoms with E-state index in [0.29, 0.717) is 0 Å². The van der Waals surface area contributed by atoms with Gasteiger partial charge in [-0.2, -0.15) is 0 Å². The second kappa shape index (κ2) is 5.08. The van der Waals surface area contributed by atoms with E-state index in [1.807, 2.05) is 32.0 Å². The van der Waals surface area contributed by atoms with Gasteiger partial charge in [-0.15, -0.1) is 0 Å². The lowest BCUT2D eigenvalue weighted by Crippen LogP contribution is -2.20. The summed E-state index contributed by atoms with van der Waals surface area (Å²) in [4.78, 5) is 11.6. The molecule has 0 unspecified atom stereocenters. The summed E-state index contributed by atoms with van der Waals surface area (Å²) >= 11 is 0. The molecule has 4 nitrogen and oxygen atoms in total. The minimum absolute atomic E-state index is 0.104. The van der Waals surface area contributed by atoms with Crippen LogP contribution in [-0.4, -0.2) is 18.7 Å². The van der Waals surface area contributed by atoms with Crippen molar-refractivity contribution in [1.82, 2.24) is 0 Å². The Labute approximate surface area is 101 Å². The van der Waals surface area contributed by atoms with Crippen LogP contribution in [0.25, 0.3) is 0 Å². The number of amides is 1. The Kier molecular flexibility index (Phi) is 3.52. The number of nitrogens with one attached hydrogen (secondary N) is 2. The quantitative estimate of drug-likeness (QED) is 0.827. The first-order chi connectivity index (χ1) is 8.16. The van der Waals surface area contributed by atoms with Crippen LogP contribution < -0.4 is 10.6 Å². The summed E-state index contributed by atoms with van der Waals surface area (Å²) in [6.07, 6.45) is 1.58. The Balaban J connectivity index is 2.13. The summed E-state index contributed by atoms with van der Waals surface area (Å²) in [6.45, 7) is 4.66. The van der Waals surface area contributed by atoms with E-state index in [-0.39, 0.29) is 12.2 Å². The van der Waals surface area contributed by atoms with Crippen LogP contribution in [0.4, 0.5) is 16.2 Å². The predicted molar refractivity (Wildman–Crippen MR) is 68.5 cm³/mol. The highest BCUT2D eigenvalue weighted by Gasteiger charge is 2.14. The number of anilines is 2. The fourth-order valence-corrected chi connectivity index (χ4v) is 1.98. The van der Waals surface area contributed by atoms with Gasteiger partial charge in [-0.3, -0.25) is 5.32 Å². The average molecular weight is 234 g/mol. The SMILES string of the molecule is CC(C)OC(=O)Nc1cccc2c1CCCN2. The third kappa shape index (κ3) is 2.90. The number of rotatable bonds is 2. The van der Waals surface area contributed by atoms with Crippen LogP contribution in [0, 0.1) is 0 Å². The van der Waals surface area contributed by atoms with Gasteiger partial charge in [0.2, 0.25) is 0 Å². The highest BCUT2D eigenvalue weighted by atomic mass is 16.6. The smallest absolute Gasteiger partial charge is 0.411 e. The zero-order valence-electron chi connectivity index (χ0n) is 10.2. The molecule has 2 rings (SSSR count). The van der Waals surface area contributed by atoms with Gasteiger partial charge in [-0.1, -0.05) is 6.07 Å². The number of hydrogen-bond donors (Lipinski definition) is 2. The predicted octanol–water partition coefficient (Wildman–Crippen LogP) is 3.00. The van der Waals surface area contributed by atoms with Crippen molar-refractivity contribution in [3.8, 4) is 0 Å². The maximum atomic E-state index is 11.6. The van der Waals surface area contributed by atoms with E-state index in [4.69, 9.17) is 4.74 Å². The minimum atomic E-state index is -0.390. The van der Waals surface area contributed by atoms with Crippen LogP contribution in [0.5, 0.6) is 0 Å². The van der Waals surface area contributed by atoms with Gasteiger partial charge < -0.3 is 10.1 Å². The second-order valence-corrected chi connectivity index (χ2v) is 4.44. The Morgan fingerprint density at radius 1 is 1.47 bits per heavy atom. The Bertz CT molecular complexity index is 416. The molecular formula is C13H18N2O2. The zero-order chi connectivity index (χ0) is 12.3. The molecule has 0 saturated carbocycles. The first-order valence-corrected chi connectivity index (χ1v) is 6.00. The highest BCUT2D eigenvalue weighted by molar-refractivity contribution is 5.87. The molecule has 2 N–H and O–H groups in total. The van der Waals surface area contributed by atoms with E-state index in [2.05, 4.69) is 10.6 Å². The average Bonchev–Trinajstić information content (AvgIpc) is 2.28. The molecule has 4 heteroatoms. The van der Waals surface area contributed by atoms with Crippen molar-refractivity contribution >= 4 is 17.5 Å². The number of carbonyl (C=O) groups excluding carboxylic acids is 1. The van der Waals surface area contributed by atoms with Gasteiger partial charge in [0.15, 0.2) is 0 Å². The first kappa shape index (κ1) is 11.8. The molecular weight excluding hydrogens is 216 g/mol. The van der Waals surface area contributed by atoms with E-state index in [1.165, 1.54) is 5.56 Å². The van der Waals surface area contributed by atoms with Gasteiger partial charge in [-0.05, 0) is 44.4 Å². The van der Waals surface area contributed by atoms with Gasteiger partial charge in [0.1, 0.15) is 0 Å². The van der Waals surface area contributed by atoms with Gasteiger partial charge in [-0.25, -0.2) is 4.79 Å². The van der Waals surface area contributed by atoms with Gasteiger partial charge in [0.05, 0.1) is 6.10 Å². The molecule has 1 aliphatic heterocycles. The van der Waals surface area contributed by atoms with E-state index in [9.17, 15) is 4.79 Å². The van der Waals surface area contributed by atoms with Crippen molar-refractivity contribution < 1.29 is 9.53 Å². The molecule has 0 aliphatic carbocycles. The normalized spacial score (nSPS) is 13.8. The maximum Gasteiger partial charge on any atom is 0.411 e. The number of benzene rings is 1. The highest BCUT2D eigenvalue weighted by Crippen LogP contribution is 2.28. The first-order valence-electron chi connectivity index (χ1n) is 6.00. The summed E-state index contributed by atoms with van der Waals surface area (Å²) < 4.78 is 5.07. The van der Waals surface area contributed by atoms with Crippen LogP contribution >= 0.6 is 0 Å². The van der Waals surface area contributed by atoms with Gasteiger partial charge in [0, 0.05) is 17.9 Å². The molecule has 1 aromatic carbocycles. The number of ether oxygens (including phenoxy) is 1. The largest absolute Gasteiger partial charge is 0.447 e. The lowest BCUT2D eigenvalue weighted by Gasteiger charge is -2.21. The Morgan fingerprint density at radius 2 is 2.29 bits per heavy atom. The zero-order valence-corrected chi connectivity index (χ0v) is 10.2. The summed E-state index contributed by atoms with van der Waals surface area (Å²) in [7, 11) is 0. The molecule has 92 valence electrons. The van der Waals surface area contributed by atoms with Crippen LogP contribution in [0.15, 0.2) is 18.2 Å². The molecule has 0 spiro atoms. The van der Waals surface area contributed by atoms with Gasteiger partial charge >= 0.3 is 6.09 Å². The number of hydrogen-bond acceptors (Lipinski definition) is 3. The third-order valence-corrected chi connectivity index (χ3v) is 2.67. The van der Waals surface area contributed by atoms with E-state index in [1.54, 1.807) is 0 Å². The summed E-state index contributed by atoms with van der Waals surface area (Å²) in [5, 5.41) is 6.13. The van der Waals surface area contributed by atoms with E-state index >= 15 is 0 Å². The van der Waals surface area contributed by atoms with Crippen LogP contribution in [0.1, 0.15) is 25.8 Å². The molecule has 0 saturated heterocycles. The van der Waals surface area contributed by atoms with Crippen molar-refractivity contribution in [3.05, 3.63) is 23.8 Å². The Morgan fingerprint density at radius 3 is 3.06 bits per heavy atom.